The van der Waals surface area contributed by atoms with E-state index in [9.17, 15) is 0 Å². The summed E-state index contributed by atoms with van der Waals surface area (Å²) in [6, 6.07) is 0. The lowest BCUT2D eigenvalue weighted by Crippen LogP contribution is -1.52. The average Bonchev–Trinajstić information content (AvgIpc) is 3.22. The summed E-state index contributed by atoms with van der Waals surface area (Å²) in [7, 11) is 2.00. The SMILES string of the molecule is C1=CCC=C1.C1=CCC=C1.C=COC=C.CO.CO. The third-order valence-electron chi connectivity index (χ3n) is 1.50. The Labute approximate surface area is 117 Å². The quantitative estimate of drug-likeness (QED) is 0.752. The molecule has 0 atom stereocenters. The molecule has 3 heteroatoms. The molecular weight excluding hydrogens is 240 g/mol. The zero-order valence-corrected chi connectivity index (χ0v) is 11.9. The molecule has 0 fully saturated rings. The Kier molecular flexibility index (Phi) is 35.1. The number of hydrogen-bond donors (Lipinski definition) is 2. The van der Waals surface area contributed by atoms with E-state index in [4.69, 9.17) is 10.2 Å². The van der Waals surface area contributed by atoms with Crippen molar-refractivity contribution in [3.8, 4) is 0 Å². The minimum atomic E-state index is 1.00. The summed E-state index contributed by atoms with van der Waals surface area (Å²) < 4.78 is 4.36. The van der Waals surface area contributed by atoms with Crippen LogP contribution in [-0.4, -0.2) is 24.4 Å². The third-order valence-corrected chi connectivity index (χ3v) is 1.50. The lowest BCUT2D eigenvalue weighted by molar-refractivity contribution is 0.399. The van der Waals surface area contributed by atoms with Crippen LogP contribution in [-0.2, 0) is 4.74 Å². The van der Waals surface area contributed by atoms with Crippen molar-refractivity contribution in [2.75, 3.05) is 14.2 Å². The molecule has 0 spiro atoms. The second-order valence-corrected chi connectivity index (χ2v) is 2.65. The van der Waals surface area contributed by atoms with Crippen LogP contribution >= 0.6 is 0 Å². The molecule has 0 amide bonds. The zero-order chi connectivity index (χ0) is 15.2. The van der Waals surface area contributed by atoms with Gasteiger partial charge in [-0.2, -0.15) is 0 Å². The maximum Gasteiger partial charge on any atom is 0.0829 e. The van der Waals surface area contributed by atoms with Crippen LogP contribution in [0.5, 0.6) is 0 Å². The molecule has 0 aromatic carbocycles. The van der Waals surface area contributed by atoms with Crippen LogP contribution < -0.4 is 0 Å². The molecule has 0 aromatic heterocycles. The molecule has 0 aromatic rings. The van der Waals surface area contributed by atoms with Gasteiger partial charge in [0.2, 0.25) is 0 Å². The minimum absolute atomic E-state index is 1.00. The minimum Gasteiger partial charge on any atom is -0.474 e. The second kappa shape index (κ2) is 29.8. The normalized spacial score (nSPS) is 11.4. The fourth-order valence-electron chi connectivity index (χ4n) is 0.854. The van der Waals surface area contributed by atoms with Crippen LogP contribution in [0.4, 0.5) is 0 Å². The molecule has 0 bridgehead atoms. The fraction of sp³-hybridized carbons (Fsp3) is 0.250. The monoisotopic (exact) mass is 266 g/mol. The first-order chi connectivity index (χ1) is 9.41. The van der Waals surface area contributed by atoms with E-state index in [1.807, 2.05) is 0 Å². The Morgan fingerprint density at radius 3 is 1.05 bits per heavy atom. The van der Waals surface area contributed by atoms with Crippen molar-refractivity contribution in [3.05, 3.63) is 74.3 Å². The van der Waals surface area contributed by atoms with Gasteiger partial charge in [0, 0.05) is 14.2 Å². The zero-order valence-electron chi connectivity index (χ0n) is 11.9. The van der Waals surface area contributed by atoms with Gasteiger partial charge in [-0.3, -0.25) is 0 Å². The number of allylic oxidation sites excluding steroid dienone is 8. The fourth-order valence-corrected chi connectivity index (χ4v) is 0.854. The predicted molar refractivity (Wildman–Crippen MR) is 83.6 cm³/mol. The summed E-state index contributed by atoms with van der Waals surface area (Å²) in [5.41, 5.74) is 0. The van der Waals surface area contributed by atoms with Crippen molar-refractivity contribution in [1.82, 2.24) is 0 Å². The molecule has 0 radical (unpaired) electrons. The summed E-state index contributed by atoms with van der Waals surface area (Å²) in [5.74, 6) is 0. The third kappa shape index (κ3) is 31.4. The van der Waals surface area contributed by atoms with Gasteiger partial charge in [0.05, 0.1) is 12.5 Å². The summed E-state index contributed by atoms with van der Waals surface area (Å²) >= 11 is 0. The number of hydrogen-bond acceptors (Lipinski definition) is 3. The highest BCUT2D eigenvalue weighted by Crippen LogP contribution is 1.93. The number of ether oxygens (including phenoxy) is 1. The molecular formula is C16H26O3. The Hall–Kier alpha value is -1.84. The standard InChI is InChI=1S/2C5H6.C4H6O.2CH4O/c2*1-2-4-5-3-1;1-3-5-4-2;2*1-2/h2*1-4H,5H2;3-4H,1-2H2;2*2H,1H3. The molecule has 2 aliphatic carbocycles. The first-order valence-electron chi connectivity index (χ1n) is 5.82. The van der Waals surface area contributed by atoms with Crippen LogP contribution in [0.2, 0.25) is 0 Å². The van der Waals surface area contributed by atoms with E-state index in [-0.39, 0.29) is 0 Å². The van der Waals surface area contributed by atoms with Crippen LogP contribution in [0.3, 0.4) is 0 Å². The van der Waals surface area contributed by atoms with E-state index in [2.05, 4.69) is 66.5 Å². The van der Waals surface area contributed by atoms with Crippen LogP contribution in [0, 0.1) is 0 Å². The van der Waals surface area contributed by atoms with Crippen LogP contribution in [0.15, 0.2) is 74.3 Å². The number of aliphatic hydroxyl groups excluding tert-OH is 2. The van der Waals surface area contributed by atoms with Gasteiger partial charge < -0.3 is 14.9 Å². The molecule has 3 nitrogen and oxygen atoms in total. The van der Waals surface area contributed by atoms with Gasteiger partial charge in [-0.15, -0.1) is 0 Å². The molecule has 0 unspecified atom stereocenters. The summed E-state index contributed by atoms with van der Waals surface area (Å²) in [6.07, 6.45) is 21.6. The van der Waals surface area contributed by atoms with Gasteiger partial charge in [-0.05, 0) is 12.8 Å². The van der Waals surface area contributed by atoms with Crippen molar-refractivity contribution in [2.24, 2.45) is 0 Å². The summed E-state index contributed by atoms with van der Waals surface area (Å²) in [5, 5.41) is 14.0. The van der Waals surface area contributed by atoms with E-state index in [0.717, 1.165) is 27.1 Å². The Morgan fingerprint density at radius 1 is 0.737 bits per heavy atom. The molecule has 2 rings (SSSR count). The Balaban J connectivity index is -0.000000179. The largest absolute Gasteiger partial charge is 0.474 e. The van der Waals surface area contributed by atoms with Gasteiger partial charge in [-0.1, -0.05) is 61.8 Å². The predicted octanol–water partition coefficient (Wildman–Crippen LogP) is 3.51. The first-order valence-corrected chi connectivity index (χ1v) is 5.82. The average molecular weight is 266 g/mol. The highest BCUT2D eigenvalue weighted by atomic mass is 16.5. The maximum absolute atomic E-state index is 7.00. The van der Waals surface area contributed by atoms with Crippen molar-refractivity contribution >= 4 is 0 Å². The van der Waals surface area contributed by atoms with E-state index < -0.39 is 0 Å². The first kappa shape index (κ1) is 22.3. The van der Waals surface area contributed by atoms with E-state index >= 15 is 0 Å². The van der Waals surface area contributed by atoms with Gasteiger partial charge in [0.25, 0.3) is 0 Å². The lowest BCUT2D eigenvalue weighted by Gasteiger charge is -1.76. The smallest absolute Gasteiger partial charge is 0.0829 e. The van der Waals surface area contributed by atoms with E-state index in [1.165, 1.54) is 12.5 Å². The molecule has 108 valence electrons. The van der Waals surface area contributed by atoms with Crippen LogP contribution in [0.25, 0.3) is 0 Å². The molecule has 0 heterocycles. The molecule has 19 heavy (non-hydrogen) atoms. The molecule has 0 saturated heterocycles. The van der Waals surface area contributed by atoms with Crippen molar-refractivity contribution < 1.29 is 14.9 Å². The van der Waals surface area contributed by atoms with Gasteiger partial charge in [0.1, 0.15) is 0 Å². The maximum atomic E-state index is 7.00. The number of rotatable bonds is 2. The Bertz CT molecular complexity index is 226. The van der Waals surface area contributed by atoms with Gasteiger partial charge in [0.15, 0.2) is 0 Å². The molecule has 2 N–H and O–H groups in total. The second-order valence-electron chi connectivity index (χ2n) is 2.65. The summed E-state index contributed by atoms with van der Waals surface area (Å²) in [6.45, 7) is 6.51. The molecule has 2 aliphatic rings. The van der Waals surface area contributed by atoms with Crippen molar-refractivity contribution in [1.29, 1.82) is 0 Å². The highest BCUT2D eigenvalue weighted by Gasteiger charge is 1.72. The molecule has 0 aliphatic heterocycles. The molecule has 0 saturated carbocycles. The Morgan fingerprint density at radius 2 is 1.00 bits per heavy atom. The highest BCUT2D eigenvalue weighted by molar-refractivity contribution is 5.12. The lowest BCUT2D eigenvalue weighted by atomic mass is 10.5. The van der Waals surface area contributed by atoms with Crippen LogP contribution in [0.1, 0.15) is 12.8 Å². The van der Waals surface area contributed by atoms with E-state index in [0.29, 0.717) is 0 Å². The number of aliphatic hydroxyl groups is 2. The van der Waals surface area contributed by atoms with E-state index in [1.54, 1.807) is 0 Å². The van der Waals surface area contributed by atoms with Gasteiger partial charge >= 0.3 is 0 Å². The summed E-state index contributed by atoms with van der Waals surface area (Å²) in [4.78, 5) is 0. The topological polar surface area (TPSA) is 49.7 Å². The van der Waals surface area contributed by atoms with Crippen molar-refractivity contribution in [3.63, 3.8) is 0 Å². The van der Waals surface area contributed by atoms with Gasteiger partial charge in [-0.25, -0.2) is 0 Å². The van der Waals surface area contributed by atoms with Crippen molar-refractivity contribution in [2.45, 2.75) is 12.8 Å².